The molecule has 1 atom stereocenters. The molecule has 4 rings (SSSR count). The van der Waals surface area contributed by atoms with E-state index in [-0.39, 0.29) is 12.0 Å². The van der Waals surface area contributed by atoms with Crippen LogP contribution in [-0.4, -0.2) is 40.5 Å². The van der Waals surface area contributed by atoms with Gasteiger partial charge in [0.2, 0.25) is 0 Å². The number of halogens is 2. The highest BCUT2D eigenvalue weighted by atomic mass is 19.2. The highest BCUT2D eigenvalue weighted by molar-refractivity contribution is 5.93. The molecule has 1 unspecified atom stereocenters. The molecular weight excluding hydrogens is 392 g/mol. The molecule has 1 aliphatic rings. The SMILES string of the molecule is CC1(C)OCC(CNC(=O)c2cncn2-c2ccc(-c3ccc(F)c(F)c3)cc2)O1. The molecule has 1 fully saturated rings. The first-order valence-electron chi connectivity index (χ1n) is 9.50. The second-order valence-electron chi connectivity index (χ2n) is 7.49. The van der Waals surface area contributed by atoms with Crippen LogP contribution in [0.25, 0.3) is 16.8 Å². The lowest BCUT2D eigenvalue weighted by Gasteiger charge is -2.17. The van der Waals surface area contributed by atoms with Gasteiger partial charge in [-0.2, -0.15) is 0 Å². The van der Waals surface area contributed by atoms with Gasteiger partial charge in [0, 0.05) is 12.2 Å². The number of nitrogens with one attached hydrogen (secondary N) is 1. The fourth-order valence-electron chi connectivity index (χ4n) is 3.32. The highest BCUT2D eigenvalue weighted by Gasteiger charge is 2.32. The molecule has 0 aliphatic carbocycles. The summed E-state index contributed by atoms with van der Waals surface area (Å²) in [5.74, 6) is -2.72. The highest BCUT2D eigenvalue weighted by Crippen LogP contribution is 2.24. The van der Waals surface area contributed by atoms with Gasteiger partial charge in [-0.15, -0.1) is 0 Å². The summed E-state index contributed by atoms with van der Waals surface area (Å²) in [6, 6.07) is 10.9. The fraction of sp³-hybridized carbons (Fsp3) is 0.273. The average molecular weight is 413 g/mol. The van der Waals surface area contributed by atoms with Crippen LogP contribution in [0.1, 0.15) is 24.3 Å². The summed E-state index contributed by atoms with van der Waals surface area (Å²) in [6.07, 6.45) is 2.81. The van der Waals surface area contributed by atoms with Gasteiger partial charge in [0.05, 0.1) is 19.1 Å². The van der Waals surface area contributed by atoms with Crippen LogP contribution >= 0.6 is 0 Å². The van der Waals surface area contributed by atoms with Crippen LogP contribution < -0.4 is 5.32 Å². The number of carbonyl (C=O) groups is 1. The van der Waals surface area contributed by atoms with Gasteiger partial charge in [0.25, 0.3) is 5.91 Å². The van der Waals surface area contributed by atoms with Gasteiger partial charge in [0.15, 0.2) is 17.4 Å². The Morgan fingerprint density at radius 1 is 1.17 bits per heavy atom. The van der Waals surface area contributed by atoms with E-state index in [2.05, 4.69) is 10.3 Å². The summed E-state index contributed by atoms with van der Waals surface area (Å²) in [6.45, 7) is 4.39. The van der Waals surface area contributed by atoms with Gasteiger partial charge in [0.1, 0.15) is 11.8 Å². The van der Waals surface area contributed by atoms with Crippen LogP contribution in [0.15, 0.2) is 55.0 Å². The van der Waals surface area contributed by atoms with Gasteiger partial charge >= 0.3 is 0 Å². The first-order valence-corrected chi connectivity index (χ1v) is 9.50. The Bertz CT molecular complexity index is 1060. The molecule has 3 aromatic rings. The fourth-order valence-corrected chi connectivity index (χ4v) is 3.32. The molecule has 1 amide bonds. The number of amides is 1. The van der Waals surface area contributed by atoms with Crippen molar-refractivity contribution in [2.45, 2.75) is 25.7 Å². The van der Waals surface area contributed by atoms with E-state index in [0.717, 1.165) is 17.7 Å². The Morgan fingerprint density at radius 3 is 2.57 bits per heavy atom. The van der Waals surface area contributed by atoms with Gasteiger partial charge in [-0.1, -0.05) is 18.2 Å². The predicted molar refractivity (Wildman–Crippen MR) is 106 cm³/mol. The topological polar surface area (TPSA) is 65.4 Å². The molecule has 0 spiro atoms. The minimum Gasteiger partial charge on any atom is -0.348 e. The van der Waals surface area contributed by atoms with Crippen LogP contribution in [0.4, 0.5) is 8.78 Å². The predicted octanol–water partition coefficient (Wildman–Crippen LogP) is 3.70. The lowest BCUT2D eigenvalue weighted by molar-refractivity contribution is -0.137. The molecule has 0 saturated carbocycles. The third-order valence-corrected chi connectivity index (χ3v) is 4.83. The maximum absolute atomic E-state index is 13.5. The van der Waals surface area contributed by atoms with Crippen LogP contribution in [-0.2, 0) is 9.47 Å². The minimum atomic E-state index is -0.898. The molecule has 156 valence electrons. The van der Waals surface area contributed by atoms with Gasteiger partial charge < -0.3 is 14.8 Å². The summed E-state index contributed by atoms with van der Waals surface area (Å²) in [5, 5.41) is 2.84. The average Bonchev–Trinajstić information content (AvgIpc) is 3.35. The smallest absolute Gasteiger partial charge is 0.270 e. The van der Waals surface area contributed by atoms with Crippen molar-refractivity contribution in [1.29, 1.82) is 0 Å². The summed E-state index contributed by atoms with van der Waals surface area (Å²) < 4.78 is 39.5. The number of hydrogen-bond donors (Lipinski definition) is 1. The summed E-state index contributed by atoms with van der Waals surface area (Å²) in [5.41, 5.74) is 2.37. The van der Waals surface area contributed by atoms with Crippen molar-refractivity contribution in [3.8, 4) is 16.8 Å². The second kappa shape index (κ2) is 7.97. The van der Waals surface area contributed by atoms with Crippen molar-refractivity contribution in [2.24, 2.45) is 0 Å². The number of rotatable bonds is 5. The molecular formula is C22H21F2N3O3. The van der Waals surface area contributed by atoms with Gasteiger partial charge in [-0.05, 0) is 49.2 Å². The van der Waals surface area contributed by atoms with Crippen molar-refractivity contribution in [3.63, 3.8) is 0 Å². The largest absolute Gasteiger partial charge is 0.348 e. The van der Waals surface area contributed by atoms with E-state index in [9.17, 15) is 13.6 Å². The zero-order chi connectivity index (χ0) is 21.3. The Balaban J connectivity index is 1.47. The molecule has 1 aromatic heterocycles. The van der Waals surface area contributed by atoms with Crippen molar-refractivity contribution in [2.75, 3.05) is 13.2 Å². The number of aromatic nitrogens is 2. The molecule has 0 bridgehead atoms. The number of carbonyl (C=O) groups excluding carboxylic acids is 1. The lowest BCUT2D eigenvalue weighted by Crippen LogP contribution is -2.35. The summed E-state index contributed by atoms with van der Waals surface area (Å²) in [4.78, 5) is 16.7. The van der Waals surface area contributed by atoms with Crippen LogP contribution in [0.2, 0.25) is 0 Å². The molecule has 6 nitrogen and oxygen atoms in total. The monoisotopic (exact) mass is 413 g/mol. The molecule has 8 heteroatoms. The molecule has 1 aliphatic heterocycles. The maximum atomic E-state index is 13.5. The van der Waals surface area contributed by atoms with Gasteiger partial charge in [-0.3, -0.25) is 9.36 Å². The Morgan fingerprint density at radius 2 is 1.90 bits per heavy atom. The lowest BCUT2D eigenvalue weighted by atomic mass is 10.1. The minimum absolute atomic E-state index is 0.212. The van der Waals surface area contributed by atoms with E-state index < -0.39 is 17.4 Å². The van der Waals surface area contributed by atoms with E-state index in [1.165, 1.54) is 12.3 Å². The molecule has 2 aromatic carbocycles. The van der Waals surface area contributed by atoms with E-state index in [1.54, 1.807) is 35.2 Å². The molecule has 2 heterocycles. The van der Waals surface area contributed by atoms with Crippen LogP contribution in [0.5, 0.6) is 0 Å². The van der Waals surface area contributed by atoms with Crippen LogP contribution in [0.3, 0.4) is 0 Å². The van der Waals surface area contributed by atoms with Gasteiger partial charge in [-0.25, -0.2) is 13.8 Å². The zero-order valence-corrected chi connectivity index (χ0v) is 16.6. The summed E-state index contributed by atoms with van der Waals surface area (Å²) >= 11 is 0. The van der Waals surface area contributed by atoms with E-state index in [0.29, 0.717) is 30.1 Å². The first-order chi connectivity index (χ1) is 14.3. The second-order valence-corrected chi connectivity index (χ2v) is 7.49. The van der Waals surface area contributed by atoms with Crippen molar-refractivity contribution in [1.82, 2.24) is 14.9 Å². The maximum Gasteiger partial charge on any atom is 0.270 e. The number of hydrogen-bond acceptors (Lipinski definition) is 4. The number of imidazole rings is 1. The molecule has 30 heavy (non-hydrogen) atoms. The quantitative estimate of drug-likeness (QED) is 0.693. The van der Waals surface area contributed by atoms with E-state index in [4.69, 9.17) is 9.47 Å². The van der Waals surface area contributed by atoms with E-state index in [1.807, 2.05) is 13.8 Å². The third-order valence-electron chi connectivity index (χ3n) is 4.83. The zero-order valence-electron chi connectivity index (χ0n) is 16.6. The summed E-state index contributed by atoms with van der Waals surface area (Å²) in [7, 11) is 0. The molecule has 1 N–H and O–H groups in total. The third kappa shape index (κ3) is 4.24. The van der Waals surface area contributed by atoms with Crippen molar-refractivity contribution >= 4 is 5.91 Å². The van der Waals surface area contributed by atoms with Crippen molar-refractivity contribution in [3.05, 3.63) is 72.3 Å². The van der Waals surface area contributed by atoms with E-state index >= 15 is 0 Å². The number of ether oxygens (including phenoxy) is 2. The Hall–Kier alpha value is -3.10. The number of nitrogens with zero attached hydrogens (tertiary/aromatic N) is 2. The first kappa shape index (κ1) is 20.2. The molecule has 0 radical (unpaired) electrons. The Kier molecular flexibility index (Phi) is 5.36. The normalized spacial score (nSPS) is 17.8. The molecule has 1 saturated heterocycles. The standard InChI is InChI=1S/C22H21F2N3O3/c1-22(2)29-12-17(30-22)10-26-21(28)20-11-25-13-27(20)16-6-3-14(4-7-16)15-5-8-18(23)19(24)9-15/h3-9,11,13,17H,10,12H2,1-2H3,(H,26,28). The number of benzene rings is 2. The van der Waals surface area contributed by atoms with Crippen LogP contribution in [0, 0.1) is 11.6 Å². The Labute approximate surface area is 172 Å². The van der Waals surface area contributed by atoms with Crippen molar-refractivity contribution < 1.29 is 23.0 Å².